The van der Waals surface area contributed by atoms with Gasteiger partial charge in [-0.05, 0) is 51.0 Å². The SMILES string of the molecule is CC1CCC(C)N(C(=O)[C@@H]2CCC[C@@H]2CN)C1.Cl. The normalized spacial score (nSPS) is 36.3. The number of amides is 1. The number of halogens is 1. The minimum absolute atomic E-state index is 0. The van der Waals surface area contributed by atoms with Crippen molar-refractivity contribution in [2.45, 2.75) is 52.0 Å². The Morgan fingerprint density at radius 1 is 1.22 bits per heavy atom. The number of hydrogen-bond acceptors (Lipinski definition) is 2. The van der Waals surface area contributed by atoms with Gasteiger partial charge in [0.1, 0.15) is 0 Å². The van der Waals surface area contributed by atoms with E-state index in [0.29, 0.717) is 30.3 Å². The van der Waals surface area contributed by atoms with Crippen molar-refractivity contribution in [1.82, 2.24) is 4.90 Å². The van der Waals surface area contributed by atoms with Crippen molar-refractivity contribution in [2.75, 3.05) is 13.1 Å². The second kappa shape index (κ2) is 6.76. The molecule has 0 radical (unpaired) electrons. The van der Waals surface area contributed by atoms with Crippen molar-refractivity contribution in [3.63, 3.8) is 0 Å². The topological polar surface area (TPSA) is 46.3 Å². The number of carbonyl (C=O) groups is 1. The van der Waals surface area contributed by atoms with E-state index < -0.39 is 0 Å². The lowest BCUT2D eigenvalue weighted by Crippen LogP contribution is -2.48. The molecule has 0 aromatic rings. The van der Waals surface area contributed by atoms with Crippen LogP contribution in [0.2, 0.25) is 0 Å². The lowest BCUT2D eigenvalue weighted by Gasteiger charge is -2.39. The molecule has 2 rings (SSSR count). The number of likely N-dealkylation sites (tertiary alicyclic amines) is 1. The first-order valence-electron chi connectivity index (χ1n) is 7.14. The van der Waals surface area contributed by atoms with Crippen LogP contribution in [-0.4, -0.2) is 29.9 Å². The molecule has 1 saturated carbocycles. The summed E-state index contributed by atoms with van der Waals surface area (Å²) in [6, 6.07) is 0.428. The molecule has 1 heterocycles. The van der Waals surface area contributed by atoms with Gasteiger partial charge in [0.05, 0.1) is 0 Å². The third-order valence-corrected chi connectivity index (χ3v) is 4.68. The maximum atomic E-state index is 12.6. The lowest BCUT2D eigenvalue weighted by atomic mass is 9.90. The summed E-state index contributed by atoms with van der Waals surface area (Å²) in [6.45, 7) is 6.07. The van der Waals surface area contributed by atoms with Crippen LogP contribution in [0.5, 0.6) is 0 Å². The van der Waals surface area contributed by atoms with Crippen molar-refractivity contribution in [2.24, 2.45) is 23.5 Å². The highest BCUT2D eigenvalue weighted by Gasteiger charge is 2.37. The first kappa shape index (κ1) is 15.8. The van der Waals surface area contributed by atoms with E-state index in [2.05, 4.69) is 18.7 Å². The number of rotatable bonds is 2. The second-order valence-corrected chi connectivity index (χ2v) is 6.06. The quantitative estimate of drug-likeness (QED) is 0.841. The zero-order valence-corrected chi connectivity index (χ0v) is 12.4. The van der Waals surface area contributed by atoms with E-state index in [1.165, 1.54) is 12.8 Å². The molecule has 18 heavy (non-hydrogen) atoms. The van der Waals surface area contributed by atoms with Crippen LogP contribution in [0.15, 0.2) is 0 Å². The van der Waals surface area contributed by atoms with Gasteiger partial charge in [-0.2, -0.15) is 0 Å². The summed E-state index contributed by atoms with van der Waals surface area (Å²) < 4.78 is 0. The average molecular weight is 275 g/mol. The summed E-state index contributed by atoms with van der Waals surface area (Å²) in [5.74, 6) is 1.70. The van der Waals surface area contributed by atoms with E-state index in [4.69, 9.17) is 5.73 Å². The summed E-state index contributed by atoms with van der Waals surface area (Å²) in [5, 5.41) is 0. The van der Waals surface area contributed by atoms with Gasteiger partial charge in [0.15, 0.2) is 0 Å². The van der Waals surface area contributed by atoms with Crippen molar-refractivity contribution < 1.29 is 4.79 Å². The molecule has 0 aromatic carbocycles. The molecule has 1 aliphatic carbocycles. The summed E-state index contributed by atoms with van der Waals surface area (Å²) in [5.41, 5.74) is 5.78. The lowest BCUT2D eigenvalue weighted by molar-refractivity contribution is -0.141. The molecule has 1 amide bonds. The van der Waals surface area contributed by atoms with Crippen molar-refractivity contribution in [3.05, 3.63) is 0 Å². The molecule has 4 heteroatoms. The molecule has 2 fully saturated rings. The van der Waals surface area contributed by atoms with Gasteiger partial charge in [-0.1, -0.05) is 13.3 Å². The molecular weight excluding hydrogens is 248 g/mol. The Balaban J connectivity index is 0.00000162. The molecule has 106 valence electrons. The van der Waals surface area contributed by atoms with Crippen LogP contribution in [0, 0.1) is 17.8 Å². The summed E-state index contributed by atoms with van der Waals surface area (Å²) in [7, 11) is 0. The van der Waals surface area contributed by atoms with E-state index in [9.17, 15) is 4.79 Å². The van der Waals surface area contributed by atoms with Crippen LogP contribution < -0.4 is 5.73 Å². The fraction of sp³-hybridized carbons (Fsp3) is 0.929. The zero-order chi connectivity index (χ0) is 12.4. The van der Waals surface area contributed by atoms with Crippen LogP contribution in [0.25, 0.3) is 0 Å². The molecule has 2 N–H and O–H groups in total. The molecule has 3 nitrogen and oxygen atoms in total. The van der Waals surface area contributed by atoms with Gasteiger partial charge >= 0.3 is 0 Å². The first-order valence-corrected chi connectivity index (χ1v) is 7.14. The Morgan fingerprint density at radius 2 is 1.94 bits per heavy atom. The van der Waals surface area contributed by atoms with Crippen molar-refractivity contribution in [1.29, 1.82) is 0 Å². The Kier molecular flexibility index (Phi) is 5.93. The molecule has 4 atom stereocenters. The highest BCUT2D eigenvalue weighted by atomic mass is 35.5. The molecule has 0 aromatic heterocycles. The number of hydrogen-bond donors (Lipinski definition) is 1. The summed E-state index contributed by atoms with van der Waals surface area (Å²) >= 11 is 0. The predicted molar refractivity (Wildman–Crippen MR) is 76.7 cm³/mol. The summed E-state index contributed by atoms with van der Waals surface area (Å²) in [4.78, 5) is 14.7. The van der Waals surface area contributed by atoms with Gasteiger partial charge in [0.25, 0.3) is 0 Å². The average Bonchev–Trinajstić information content (AvgIpc) is 2.79. The van der Waals surface area contributed by atoms with Crippen LogP contribution in [0.3, 0.4) is 0 Å². The largest absolute Gasteiger partial charge is 0.339 e. The van der Waals surface area contributed by atoms with Crippen molar-refractivity contribution >= 4 is 18.3 Å². The maximum Gasteiger partial charge on any atom is 0.226 e. The van der Waals surface area contributed by atoms with E-state index in [0.717, 1.165) is 25.8 Å². The van der Waals surface area contributed by atoms with Crippen molar-refractivity contribution in [3.8, 4) is 0 Å². The molecule has 2 unspecified atom stereocenters. The van der Waals surface area contributed by atoms with Gasteiger partial charge < -0.3 is 10.6 Å². The van der Waals surface area contributed by atoms with Crippen LogP contribution in [-0.2, 0) is 4.79 Å². The minimum Gasteiger partial charge on any atom is -0.339 e. The molecule has 0 bridgehead atoms. The van der Waals surface area contributed by atoms with E-state index >= 15 is 0 Å². The molecule has 1 saturated heterocycles. The number of nitrogens with zero attached hydrogens (tertiary/aromatic N) is 1. The standard InChI is InChI=1S/C14H26N2O.ClH/c1-10-6-7-11(2)16(9-10)14(17)13-5-3-4-12(13)8-15;/h10-13H,3-9,15H2,1-2H3;1H/t10?,11?,12-,13-;/m1./s1. The predicted octanol–water partition coefficient (Wildman–Crippen LogP) is 2.43. The van der Waals surface area contributed by atoms with Gasteiger partial charge in [0, 0.05) is 18.5 Å². The zero-order valence-electron chi connectivity index (χ0n) is 11.6. The number of piperidine rings is 1. The third-order valence-electron chi connectivity index (χ3n) is 4.68. The Labute approximate surface area is 117 Å². The van der Waals surface area contributed by atoms with Gasteiger partial charge in [-0.15, -0.1) is 12.4 Å². The molecule has 1 aliphatic heterocycles. The monoisotopic (exact) mass is 274 g/mol. The van der Waals surface area contributed by atoms with Crippen LogP contribution in [0.1, 0.15) is 46.0 Å². The summed E-state index contributed by atoms with van der Waals surface area (Å²) in [6.07, 6.45) is 5.79. The third kappa shape index (κ3) is 3.18. The van der Waals surface area contributed by atoms with Crippen LogP contribution in [0.4, 0.5) is 0 Å². The minimum atomic E-state index is 0. The smallest absolute Gasteiger partial charge is 0.226 e. The molecule has 2 aliphatic rings. The second-order valence-electron chi connectivity index (χ2n) is 6.06. The fourth-order valence-electron chi connectivity index (χ4n) is 3.45. The molecule has 0 spiro atoms. The van der Waals surface area contributed by atoms with Gasteiger partial charge in [0.2, 0.25) is 5.91 Å². The first-order chi connectivity index (χ1) is 8.13. The highest BCUT2D eigenvalue weighted by molar-refractivity contribution is 5.85. The molecular formula is C14H27ClN2O. The highest BCUT2D eigenvalue weighted by Crippen LogP contribution is 2.34. The van der Waals surface area contributed by atoms with E-state index in [-0.39, 0.29) is 18.3 Å². The van der Waals surface area contributed by atoms with Gasteiger partial charge in [-0.25, -0.2) is 0 Å². The Hall–Kier alpha value is -0.280. The van der Waals surface area contributed by atoms with E-state index in [1.54, 1.807) is 0 Å². The Morgan fingerprint density at radius 3 is 2.61 bits per heavy atom. The number of carbonyl (C=O) groups excluding carboxylic acids is 1. The van der Waals surface area contributed by atoms with E-state index in [1.807, 2.05) is 0 Å². The Bertz CT molecular complexity index is 285. The number of nitrogens with two attached hydrogens (primary N) is 1. The van der Waals surface area contributed by atoms with Crippen LogP contribution >= 0.6 is 12.4 Å². The maximum absolute atomic E-state index is 12.6. The fourth-order valence-corrected chi connectivity index (χ4v) is 3.45. The van der Waals surface area contributed by atoms with Gasteiger partial charge in [-0.3, -0.25) is 4.79 Å².